The van der Waals surface area contributed by atoms with Crippen LogP contribution < -0.4 is 0 Å². The fraction of sp³-hybridized carbons (Fsp3) is 0.889. The zero-order valence-corrected chi connectivity index (χ0v) is 14.9. The lowest BCUT2D eigenvalue weighted by atomic mass is 9.79. The monoisotopic (exact) mass is 314 g/mol. The Morgan fingerprint density at radius 3 is 1.55 bits per heavy atom. The summed E-state index contributed by atoms with van der Waals surface area (Å²) in [5.74, 6) is -0.793. The van der Waals surface area contributed by atoms with Crippen molar-refractivity contribution < 1.29 is 19.1 Å². The van der Waals surface area contributed by atoms with Crippen molar-refractivity contribution in [2.75, 3.05) is 13.2 Å². The molecule has 0 atom stereocenters. The van der Waals surface area contributed by atoms with Gasteiger partial charge in [-0.2, -0.15) is 0 Å². The quantitative estimate of drug-likeness (QED) is 0.282. The van der Waals surface area contributed by atoms with Crippen LogP contribution in [0.3, 0.4) is 0 Å². The molecule has 0 unspecified atom stereocenters. The third-order valence-electron chi connectivity index (χ3n) is 3.85. The van der Waals surface area contributed by atoms with Crippen LogP contribution in [0.4, 0.5) is 0 Å². The molecule has 4 heteroatoms. The molecule has 0 fully saturated rings. The summed E-state index contributed by atoms with van der Waals surface area (Å²) in [5.41, 5.74) is -1.11. The molecule has 0 radical (unpaired) electrons. The molecule has 0 aliphatic heterocycles. The van der Waals surface area contributed by atoms with Crippen molar-refractivity contribution in [2.45, 2.75) is 85.5 Å². The molecule has 0 aliphatic rings. The van der Waals surface area contributed by atoms with Crippen LogP contribution in [0.25, 0.3) is 0 Å². The highest BCUT2D eigenvalue weighted by molar-refractivity contribution is 6.00. The van der Waals surface area contributed by atoms with Crippen molar-refractivity contribution in [3.63, 3.8) is 0 Å². The van der Waals surface area contributed by atoms with Gasteiger partial charge in [-0.25, -0.2) is 0 Å². The third-order valence-corrected chi connectivity index (χ3v) is 3.85. The van der Waals surface area contributed by atoms with Crippen molar-refractivity contribution in [1.29, 1.82) is 0 Å². The van der Waals surface area contributed by atoms with Gasteiger partial charge in [-0.05, 0) is 25.7 Å². The lowest BCUT2D eigenvalue weighted by Gasteiger charge is -2.28. The molecule has 130 valence electrons. The summed E-state index contributed by atoms with van der Waals surface area (Å²) in [7, 11) is 0. The SMILES string of the molecule is CCCCCOC(=O)C(CCC)(CCC)C(=O)OCCCC. The molecular formula is C18H34O4. The number of unbranched alkanes of at least 4 members (excludes halogenated alkanes) is 3. The zero-order chi connectivity index (χ0) is 16.8. The summed E-state index contributed by atoms with van der Waals surface area (Å²) in [5, 5.41) is 0. The molecule has 0 rings (SSSR count). The standard InChI is InChI=1S/C18H34O4/c1-5-9-11-15-22-17(20)18(12-7-3,13-8-4)16(19)21-14-10-6-2/h5-15H2,1-4H3. The van der Waals surface area contributed by atoms with Gasteiger partial charge in [0.1, 0.15) is 0 Å². The van der Waals surface area contributed by atoms with Crippen molar-refractivity contribution in [1.82, 2.24) is 0 Å². The Balaban J connectivity index is 4.87. The van der Waals surface area contributed by atoms with Gasteiger partial charge in [0, 0.05) is 0 Å². The Labute approximate surface area is 135 Å². The highest BCUT2D eigenvalue weighted by atomic mass is 16.6. The van der Waals surface area contributed by atoms with Crippen molar-refractivity contribution in [3.05, 3.63) is 0 Å². The van der Waals surface area contributed by atoms with E-state index in [-0.39, 0.29) is 0 Å². The van der Waals surface area contributed by atoms with E-state index in [0.29, 0.717) is 26.1 Å². The predicted octanol–water partition coefficient (Wildman–Crippen LogP) is 4.65. The van der Waals surface area contributed by atoms with Gasteiger partial charge in [0.05, 0.1) is 13.2 Å². The van der Waals surface area contributed by atoms with E-state index in [0.717, 1.165) is 44.9 Å². The molecular weight excluding hydrogens is 280 g/mol. The van der Waals surface area contributed by atoms with E-state index in [1.807, 2.05) is 20.8 Å². The van der Waals surface area contributed by atoms with E-state index in [1.165, 1.54) is 0 Å². The molecule has 0 aromatic carbocycles. The van der Waals surface area contributed by atoms with E-state index < -0.39 is 17.4 Å². The van der Waals surface area contributed by atoms with E-state index >= 15 is 0 Å². The van der Waals surface area contributed by atoms with Crippen LogP contribution in [0.15, 0.2) is 0 Å². The van der Waals surface area contributed by atoms with Crippen molar-refractivity contribution in [2.24, 2.45) is 5.41 Å². The third kappa shape index (κ3) is 6.80. The van der Waals surface area contributed by atoms with Crippen LogP contribution in [-0.4, -0.2) is 25.2 Å². The van der Waals surface area contributed by atoms with Gasteiger partial charge in [0.2, 0.25) is 0 Å². The summed E-state index contributed by atoms with van der Waals surface area (Å²) in [6.45, 7) is 8.88. The Hall–Kier alpha value is -1.06. The molecule has 0 aromatic heterocycles. The van der Waals surface area contributed by atoms with Gasteiger partial charge < -0.3 is 9.47 Å². The number of ether oxygens (including phenoxy) is 2. The predicted molar refractivity (Wildman–Crippen MR) is 88.6 cm³/mol. The highest BCUT2D eigenvalue weighted by Crippen LogP contribution is 2.33. The normalized spacial score (nSPS) is 11.3. The molecule has 0 amide bonds. The number of hydrogen-bond acceptors (Lipinski definition) is 4. The second-order valence-electron chi connectivity index (χ2n) is 5.91. The second kappa shape index (κ2) is 12.5. The first-order chi connectivity index (χ1) is 10.6. The van der Waals surface area contributed by atoms with Gasteiger partial charge >= 0.3 is 11.9 Å². The molecule has 22 heavy (non-hydrogen) atoms. The Morgan fingerprint density at radius 2 is 1.14 bits per heavy atom. The van der Waals surface area contributed by atoms with Crippen LogP contribution in [0, 0.1) is 5.41 Å². The molecule has 0 saturated carbocycles. The molecule has 0 spiro atoms. The van der Waals surface area contributed by atoms with E-state index in [9.17, 15) is 9.59 Å². The first kappa shape index (κ1) is 20.9. The van der Waals surface area contributed by atoms with E-state index in [4.69, 9.17) is 9.47 Å². The Bertz CT molecular complexity index is 306. The maximum Gasteiger partial charge on any atom is 0.323 e. The lowest BCUT2D eigenvalue weighted by molar-refractivity contribution is -0.174. The fourth-order valence-electron chi connectivity index (χ4n) is 2.57. The Kier molecular flexibility index (Phi) is 11.9. The topological polar surface area (TPSA) is 52.6 Å². The number of carbonyl (C=O) groups is 2. The summed E-state index contributed by atoms with van der Waals surface area (Å²) in [6, 6.07) is 0. The van der Waals surface area contributed by atoms with Crippen LogP contribution in [0.5, 0.6) is 0 Å². The average molecular weight is 314 g/mol. The number of rotatable bonds is 13. The summed E-state index contributed by atoms with van der Waals surface area (Å²) >= 11 is 0. The maximum absolute atomic E-state index is 12.6. The van der Waals surface area contributed by atoms with Gasteiger partial charge in [0.25, 0.3) is 0 Å². The summed E-state index contributed by atoms with van der Waals surface area (Å²) in [6.07, 6.45) is 7.25. The first-order valence-corrected chi connectivity index (χ1v) is 8.93. The molecule has 4 nitrogen and oxygen atoms in total. The van der Waals surface area contributed by atoms with Crippen molar-refractivity contribution >= 4 is 11.9 Å². The molecule has 0 aliphatic carbocycles. The number of carbonyl (C=O) groups excluding carboxylic acids is 2. The minimum Gasteiger partial charge on any atom is -0.465 e. The van der Waals surface area contributed by atoms with Gasteiger partial charge in [-0.3, -0.25) is 9.59 Å². The minimum absolute atomic E-state index is 0.383. The van der Waals surface area contributed by atoms with Crippen LogP contribution in [0.1, 0.15) is 85.5 Å². The summed E-state index contributed by atoms with van der Waals surface area (Å²) < 4.78 is 10.8. The first-order valence-electron chi connectivity index (χ1n) is 8.93. The summed E-state index contributed by atoms with van der Waals surface area (Å²) in [4.78, 5) is 25.1. The number of esters is 2. The average Bonchev–Trinajstić information content (AvgIpc) is 2.51. The molecule has 0 aromatic rings. The largest absolute Gasteiger partial charge is 0.465 e. The van der Waals surface area contributed by atoms with Crippen LogP contribution in [-0.2, 0) is 19.1 Å². The minimum atomic E-state index is -1.11. The maximum atomic E-state index is 12.6. The molecule has 0 bridgehead atoms. The zero-order valence-electron chi connectivity index (χ0n) is 14.9. The Morgan fingerprint density at radius 1 is 0.682 bits per heavy atom. The smallest absolute Gasteiger partial charge is 0.323 e. The van der Waals surface area contributed by atoms with Gasteiger partial charge in [-0.15, -0.1) is 0 Å². The molecule has 0 N–H and O–H groups in total. The highest BCUT2D eigenvalue weighted by Gasteiger charge is 2.47. The lowest BCUT2D eigenvalue weighted by Crippen LogP contribution is -2.42. The number of hydrogen-bond donors (Lipinski definition) is 0. The second-order valence-corrected chi connectivity index (χ2v) is 5.91. The van der Waals surface area contributed by atoms with Crippen molar-refractivity contribution in [3.8, 4) is 0 Å². The van der Waals surface area contributed by atoms with Crippen LogP contribution in [0.2, 0.25) is 0 Å². The van der Waals surface area contributed by atoms with E-state index in [1.54, 1.807) is 0 Å². The van der Waals surface area contributed by atoms with Gasteiger partial charge in [-0.1, -0.05) is 59.8 Å². The van der Waals surface area contributed by atoms with E-state index in [2.05, 4.69) is 6.92 Å². The van der Waals surface area contributed by atoms with Gasteiger partial charge in [0.15, 0.2) is 5.41 Å². The molecule has 0 saturated heterocycles. The fourth-order valence-corrected chi connectivity index (χ4v) is 2.57. The van der Waals surface area contributed by atoms with Crippen LogP contribution >= 0.6 is 0 Å². The molecule has 0 heterocycles.